The lowest BCUT2D eigenvalue weighted by Gasteiger charge is -2.13. The molecule has 174 valence electrons. The number of aromatic nitrogens is 2. The maximum Gasteiger partial charge on any atom is 0.511 e. The number of fused-ring (bicyclic) bond motifs is 4. The topological polar surface area (TPSA) is 143 Å². The highest BCUT2D eigenvalue weighted by Crippen LogP contribution is 2.40. The molecule has 0 amide bonds. The molecule has 1 aromatic carbocycles. The summed E-state index contributed by atoms with van der Waals surface area (Å²) in [5, 5.41) is 23.7. The molecular weight excluding hydrogens is 459 g/mol. The number of aryl methyl sites for hydroxylation is 2. The van der Waals surface area contributed by atoms with Gasteiger partial charge in [-0.05, 0) is 43.0 Å². The van der Waals surface area contributed by atoms with Gasteiger partial charge < -0.3 is 35.6 Å². The van der Waals surface area contributed by atoms with Crippen molar-refractivity contribution in [1.29, 1.82) is 0 Å². The predicted octanol–water partition coefficient (Wildman–Crippen LogP) is 2.68. The summed E-state index contributed by atoms with van der Waals surface area (Å²) in [6, 6.07) is 6.21. The molecule has 2 heterocycles. The lowest BCUT2D eigenvalue weighted by molar-refractivity contribution is 0.142. The van der Waals surface area contributed by atoms with E-state index in [9.17, 15) is 14.7 Å². The first-order chi connectivity index (χ1) is 14.4. The third-order valence-electron chi connectivity index (χ3n) is 5.57. The van der Waals surface area contributed by atoms with Crippen LogP contribution >= 0.6 is 24.8 Å². The van der Waals surface area contributed by atoms with E-state index in [2.05, 4.69) is 31.7 Å². The van der Waals surface area contributed by atoms with Gasteiger partial charge >= 0.3 is 6.16 Å². The third-order valence-corrected chi connectivity index (χ3v) is 5.57. The Labute approximate surface area is 196 Å². The predicted molar refractivity (Wildman–Crippen MR) is 127 cm³/mol. The van der Waals surface area contributed by atoms with Crippen LogP contribution in [0.2, 0.25) is 0 Å². The summed E-state index contributed by atoms with van der Waals surface area (Å²) < 4.78 is 6.64. The molecule has 0 radical (unpaired) electrons. The molecule has 32 heavy (non-hydrogen) atoms. The van der Waals surface area contributed by atoms with Gasteiger partial charge in [-0.1, -0.05) is 0 Å². The molecule has 1 aliphatic rings. The number of H-pyrrole nitrogens is 1. The van der Waals surface area contributed by atoms with Crippen molar-refractivity contribution in [3.05, 3.63) is 45.4 Å². The Morgan fingerprint density at radius 3 is 2.72 bits per heavy atom. The Hall–Kier alpha value is -2.72. The highest BCUT2D eigenvalue weighted by molar-refractivity contribution is 5.89. The average molecular weight is 485 g/mol. The molecule has 1 aliphatic carbocycles. The molecule has 11 heteroatoms. The largest absolute Gasteiger partial charge is 0.511 e. The number of aromatic hydroxyl groups is 1. The zero-order chi connectivity index (χ0) is 21.4. The molecule has 9 nitrogen and oxygen atoms in total. The first-order valence-electron chi connectivity index (χ1n) is 9.82. The molecule has 0 aliphatic heterocycles. The maximum atomic E-state index is 12.4. The van der Waals surface area contributed by atoms with Crippen LogP contribution < -0.4 is 21.3 Å². The van der Waals surface area contributed by atoms with Gasteiger partial charge in [0.25, 0.3) is 5.56 Å². The molecule has 0 saturated heterocycles. The summed E-state index contributed by atoms with van der Waals surface area (Å²) in [5.41, 5.74) is 9.86. The van der Waals surface area contributed by atoms with E-state index in [4.69, 9.17) is 10.8 Å². The average Bonchev–Trinajstić information content (AvgIpc) is 2.89. The fourth-order valence-electron chi connectivity index (χ4n) is 4.13. The van der Waals surface area contributed by atoms with Gasteiger partial charge in [-0.2, -0.15) is 0 Å². The van der Waals surface area contributed by atoms with Gasteiger partial charge in [-0.15, -0.1) is 24.8 Å². The molecule has 0 saturated carbocycles. The number of ether oxygens (including phenoxy) is 1. The Morgan fingerprint density at radius 2 is 2.03 bits per heavy atom. The minimum atomic E-state index is -1.65. The van der Waals surface area contributed by atoms with Crippen molar-refractivity contribution in [2.75, 3.05) is 13.1 Å². The van der Waals surface area contributed by atoms with Crippen molar-refractivity contribution in [1.82, 2.24) is 14.9 Å². The quantitative estimate of drug-likeness (QED) is 0.276. The lowest BCUT2D eigenvalue weighted by Crippen LogP contribution is -2.22. The summed E-state index contributed by atoms with van der Waals surface area (Å²) in [6.07, 6.45) is 0.356. The van der Waals surface area contributed by atoms with Gasteiger partial charge in [0.2, 0.25) is 5.75 Å². The van der Waals surface area contributed by atoms with Crippen LogP contribution in [0.25, 0.3) is 22.2 Å². The molecule has 0 atom stereocenters. The van der Waals surface area contributed by atoms with Crippen LogP contribution in [0.15, 0.2) is 23.0 Å². The highest BCUT2D eigenvalue weighted by atomic mass is 35.5. The summed E-state index contributed by atoms with van der Waals surface area (Å²) in [7, 11) is 2.02. The second-order valence-corrected chi connectivity index (χ2v) is 7.44. The molecule has 4 rings (SSSR count). The van der Waals surface area contributed by atoms with Crippen molar-refractivity contribution in [2.45, 2.75) is 25.8 Å². The summed E-state index contributed by atoms with van der Waals surface area (Å²) in [5.74, 6) is -0.998. The smallest absolute Gasteiger partial charge is 0.504 e. The van der Waals surface area contributed by atoms with E-state index in [0.29, 0.717) is 30.8 Å². The summed E-state index contributed by atoms with van der Waals surface area (Å²) in [6.45, 7) is 1.99. The summed E-state index contributed by atoms with van der Waals surface area (Å²) >= 11 is 0. The van der Waals surface area contributed by atoms with Gasteiger partial charge in [0.05, 0.1) is 5.69 Å². The van der Waals surface area contributed by atoms with E-state index < -0.39 is 23.2 Å². The Bertz CT molecular complexity index is 1210. The third kappa shape index (κ3) is 4.56. The number of carbonyl (C=O) groups is 1. The molecule has 2 aromatic heterocycles. The van der Waals surface area contributed by atoms with Gasteiger partial charge in [0.15, 0.2) is 5.75 Å². The second-order valence-electron chi connectivity index (χ2n) is 7.44. The number of hydrogen-bond acceptors (Lipinski definition) is 6. The van der Waals surface area contributed by atoms with Crippen molar-refractivity contribution in [3.8, 4) is 22.8 Å². The van der Waals surface area contributed by atoms with E-state index in [1.54, 1.807) is 0 Å². The molecule has 0 spiro atoms. The van der Waals surface area contributed by atoms with Crippen LogP contribution in [0.5, 0.6) is 11.5 Å². The molecule has 0 unspecified atom stereocenters. The molecule has 6 N–H and O–H groups in total. The van der Waals surface area contributed by atoms with Crippen LogP contribution in [-0.4, -0.2) is 39.0 Å². The Kier molecular flexibility index (Phi) is 8.19. The van der Waals surface area contributed by atoms with Crippen LogP contribution in [0.1, 0.15) is 23.2 Å². The number of nitrogens with two attached hydrogens (primary N) is 1. The van der Waals surface area contributed by atoms with E-state index in [-0.39, 0.29) is 24.8 Å². The van der Waals surface area contributed by atoms with Crippen molar-refractivity contribution in [3.63, 3.8) is 0 Å². The van der Waals surface area contributed by atoms with E-state index in [0.717, 1.165) is 47.1 Å². The first kappa shape index (κ1) is 25.5. The van der Waals surface area contributed by atoms with Crippen LogP contribution in [-0.2, 0) is 26.4 Å². The van der Waals surface area contributed by atoms with E-state index in [1.807, 2.05) is 13.1 Å². The number of pyridine rings is 1. The number of rotatable bonds is 5. The van der Waals surface area contributed by atoms with E-state index in [1.165, 1.54) is 0 Å². The monoisotopic (exact) mass is 484 g/mol. The second kappa shape index (κ2) is 10.3. The van der Waals surface area contributed by atoms with Crippen LogP contribution in [0, 0.1) is 0 Å². The number of aromatic amines is 1. The molecule has 0 bridgehead atoms. The number of carboxylic acid groups (broad SMARTS) is 1. The highest BCUT2D eigenvalue weighted by Gasteiger charge is 2.25. The molecular formula is C21H26Cl2N4O5. The van der Waals surface area contributed by atoms with Crippen molar-refractivity contribution < 1.29 is 19.7 Å². The van der Waals surface area contributed by atoms with Crippen molar-refractivity contribution >= 4 is 41.9 Å². The molecule has 0 fully saturated rings. The van der Waals surface area contributed by atoms with Crippen LogP contribution in [0.4, 0.5) is 4.79 Å². The normalized spacial score (nSPS) is 12.2. The number of halogens is 2. The van der Waals surface area contributed by atoms with Crippen molar-refractivity contribution in [2.24, 2.45) is 12.8 Å². The minimum absolute atomic E-state index is 0. The SMILES string of the molecule is Cl.Cl.Cn1c(CNCCN)cc2cc3c(cc21)CCCc1c-3[nH]c(=O)c(OC(=O)O)c1O. The fourth-order valence-corrected chi connectivity index (χ4v) is 4.13. The number of nitrogens with zero attached hydrogens (tertiary/aromatic N) is 1. The lowest BCUT2D eigenvalue weighted by atomic mass is 9.99. The van der Waals surface area contributed by atoms with Gasteiger partial charge in [-0.25, -0.2) is 4.79 Å². The minimum Gasteiger partial charge on any atom is -0.504 e. The van der Waals surface area contributed by atoms with Crippen LogP contribution in [0.3, 0.4) is 0 Å². The number of nitrogens with one attached hydrogen (secondary N) is 2. The Balaban J connectivity index is 0.00000181. The van der Waals surface area contributed by atoms with E-state index >= 15 is 0 Å². The fraction of sp³-hybridized carbons (Fsp3) is 0.333. The van der Waals surface area contributed by atoms with Gasteiger partial charge in [0.1, 0.15) is 0 Å². The zero-order valence-corrected chi connectivity index (χ0v) is 19.1. The number of benzene rings is 1. The van der Waals surface area contributed by atoms with Gasteiger partial charge in [-0.3, -0.25) is 4.79 Å². The standard InChI is InChI=1S/C21H24N4O5.2ClH/c1-25-13(10-23-6-5-22)7-12-8-15-11(9-16(12)25)3-2-4-14-17(15)24-20(27)19(18(14)26)30-21(28)29;;/h7-9,23H,2-6,10,22H2,1H3,(H,28,29)(H2,24,26,27);2*1H. The van der Waals surface area contributed by atoms with Gasteiger partial charge in [0, 0.05) is 54.4 Å². The molecule has 3 aromatic rings. The summed E-state index contributed by atoms with van der Waals surface area (Å²) in [4.78, 5) is 26.0. The zero-order valence-electron chi connectivity index (χ0n) is 17.4. The number of hydrogen-bond donors (Lipinski definition) is 5. The first-order valence-corrected chi connectivity index (χ1v) is 9.82. The maximum absolute atomic E-state index is 12.4. The Morgan fingerprint density at radius 1 is 1.28 bits per heavy atom.